The zero-order valence-corrected chi connectivity index (χ0v) is 9.48. The van der Waals surface area contributed by atoms with Gasteiger partial charge in [0.05, 0.1) is 0 Å². The largest absolute Gasteiger partial charge is 0.383 e. The third-order valence-corrected chi connectivity index (χ3v) is 3.70. The molecule has 0 aliphatic carbocycles. The fraction of sp³-hybridized carbons (Fsp3) is 0.538. The van der Waals surface area contributed by atoms with E-state index in [-0.39, 0.29) is 6.04 Å². The third-order valence-electron chi connectivity index (χ3n) is 3.70. The molecule has 2 rings (SSSR count). The smallest absolute Gasteiger partial charge is 0.106 e. The van der Waals surface area contributed by atoms with Gasteiger partial charge in [0, 0.05) is 12.6 Å². The maximum absolute atomic E-state index is 10.7. The maximum atomic E-state index is 10.7. The van der Waals surface area contributed by atoms with Crippen molar-refractivity contribution in [3.63, 3.8) is 0 Å². The highest BCUT2D eigenvalue weighted by molar-refractivity contribution is 5.25. The average molecular weight is 205 g/mol. The van der Waals surface area contributed by atoms with Crippen molar-refractivity contribution in [1.82, 2.24) is 4.90 Å². The van der Waals surface area contributed by atoms with Gasteiger partial charge in [-0.1, -0.05) is 37.3 Å². The van der Waals surface area contributed by atoms with Gasteiger partial charge in [-0.3, -0.25) is 4.90 Å². The van der Waals surface area contributed by atoms with Gasteiger partial charge in [-0.25, -0.2) is 0 Å². The lowest BCUT2D eigenvalue weighted by Crippen LogP contribution is -2.40. The average Bonchev–Trinajstić information content (AvgIpc) is 2.58. The summed E-state index contributed by atoms with van der Waals surface area (Å²) < 4.78 is 0. The van der Waals surface area contributed by atoms with Crippen LogP contribution in [0.15, 0.2) is 30.3 Å². The molecule has 0 spiro atoms. The first kappa shape index (κ1) is 10.7. The molecule has 0 radical (unpaired) electrons. The maximum Gasteiger partial charge on any atom is 0.106 e. The van der Waals surface area contributed by atoms with Crippen LogP contribution in [0.25, 0.3) is 0 Å². The summed E-state index contributed by atoms with van der Waals surface area (Å²) in [6.45, 7) is 6.26. The molecule has 1 aliphatic rings. The van der Waals surface area contributed by atoms with E-state index >= 15 is 0 Å². The zero-order chi connectivity index (χ0) is 10.9. The fourth-order valence-electron chi connectivity index (χ4n) is 2.56. The second-order valence-electron chi connectivity index (χ2n) is 4.34. The molecule has 1 aromatic carbocycles. The molecular weight excluding hydrogens is 186 g/mol. The third kappa shape index (κ3) is 1.68. The second-order valence-corrected chi connectivity index (χ2v) is 4.34. The van der Waals surface area contributed by atoms with Crippen LogP contribution in [0, 0.1) is 0 Å². The van der Waals surface area contributed by atoms with Gasteiger partial charge in [-0.15, -0.1) is 0 Å². The summed E-state index contributed by atoms with van der Waals surface area (Å²) >= 11 is 0. The van der Waals surface area contributed by atoms with Crippen LogP contribution in [0.4, 0.5) is 0 Å². The number of hydrogen-bond donors (Lipinski definition) is 1. The molecule has 0 aromatic heterocycles. The topological polar surface area (TPSA) is 23.5 Å². The highest BCUT2D eigenvalue weighted by Gasteiger charge is 2.43. The Morgan fingerprint density at radius 3 is 2.60 bits per heavy atom. The summed E-state index contributed by atoms with van der Waals surface area (Å²) in [6, 6.07) is 10.2. The normalized spacial score (nSPS) is 32.1. The predicted octanol–water partition coefficient (Wildman–Crippen LogP) is 1.99. The Morgan fingerprint density at radius 1 is 1.40 bits per heavy atom. The lowest BCUT2D eigenvalue weighted by Gasteiger charge is -2.31. The molecule has 82 valence electrons. The molecule has 1 N–H and O–H groups in total. The lowest BCUT2D eigenvalue weighted by molar-refractivity contribution is 0.00723. The first-order chi connectivity index (χ1) is 7.18. The van der Waals surface area contributed by atoms with E-state index in [2.05, 4.69) is 18.7 Å². The molecule has 1 aliphatic heterocycles. The van der Waals surface area contributed by atoms with Gasteiger partial charge in [0.25, 0.3) is 0 Å². The van der Waals surface area contributed by atoms with Crippen LogP contribution in [-0.2, 0) is 5.60 Å². The van der Waals surface area contributed by atoms with E-state index in [1.807, 2.05) is 30.3 Å². The monoisotopic (exact) mass is 205 g/mol. The molecule has 1 aromatic rings. The van der Waals surface area contributed by atoms with Crippen LogP contribution in [0.3, 0.4) is 0 Å². The first-order valence-electron chi connectivity index (χ1n) is 5.70. The van der Waals surface area contributed by atoms with Crippen molar-refractivity contribution < 1.29 is 5.11 Å². The van der Waals surface area contributed by atoms with E-state index in [0.29, 0.717) is 0 Å². The van der Waals surface area contributed by atoms with Crippen molar-refractivity contribution in [2.24, 2.45) is 0 Å². The summed E-state index contributed by atoms with van der Waals surface area (Å²) in [7, 11) is 0. The van der Waals surface area contributed by atoms with Crippen molar-refractivity contribution in [2.75, 3.05) is 13.1 Å². The minimum atomic E-state index is -0.655. The molecule has 0 saturated carbocycles. The van der Waals surface area contributed by atoms with E-state index in [0.717, 1.165) is 25.1 Å². The van der Waals surface area contributed by atoms with Crippen LogP contribution < -0.4 is 0 Å². The molecule has 0 amide bonds. The number of benzene rings is 1. The Kier molecular flexibility index (Phi) is 2.81. The number of likely N-dealkylation sites (tertiary alicyclic amines) is 1. The van der Waals surface area contributed by atoms with Gasteiger partial charge in [-0.05, 0) is 25.5 Å². The number of hydrogen-bond acceptors (Lipinski definition) is 2. The first-order valence-corrected chi connectivity index (χ1v) is 5.70. The Balaban J connectivity index is 2.29. The Bertz CT molecular complexity index is 325. The summed E-state index contributed by atoms with van der Waals surface area (Å²) in [5.74, 6) is 0. The van der Waals surface area contributed by atoms with Crippen molar-refractivity contribution in [3.8, 4) is 0 Å². The van der Waals surface area contributed by atoms with Gasteiger partial charge >= 0.3 is 0 Å². The molecule has 0 bridgehead atoms. The summed E-state index contributed by atoms with van der Waals surface area (Å²) in [6.07, 6.45) is 0.839. The van der Waals surface area contributed by atoms with Gasteiger partial charge < -0.3 is 5.11 Å². The number of likely N-dealkylation sites (N-methyl/N-ethyl adjacent to an activating group) is 1. The van der Waals surface area contributed by atoms with Crippen molar-refractivity contribution in [3.05, 3.63) is 35.9 Å². The molecule has 0 unspecified atom stereocenters. The zero-order valence-electron chi connectivity index (χ0n) is 9.48. The molecule has 15 heavy (non-hydrogen) atoms. The molecule has 1 heterocycles. The van der Waals surface area contributed by atoms with Crippen molar-refractivity contribution >= 4 is 0 Å². The van der Waals surface area contributed by atoms with Crippen molar-refractivity contribution in [2.45, 2.75) is 31.9 Å². The molecular formula is C13H19NO. The highest BCUT2D eigenvalue weighted by Crippen LogP contribution is 2.37. The number of aliphatic hydroxyl groups is 1. The predicted molar refractivity (Wildman–Crippen MR) is 61.7 cm³/mol. The molecule has 2 atom stereocenters. The SMILES string of the molecule is CCN1CC[C@@](O)(c2ccccc2)[C@H]1C. The minimum absolute atomic E-state index is 0.213. The van der Waals surface area contributed by atoms with Gasteiger partial charge in [-0.2, -0.15) is 0 Å². The quantitative estimate of drug-likeness (QED) is 0.798. The summed E-state index contributed by atoms with van der Waals surface area (Å²) in [4.78, 5) is 2.33. The lowest BCUT2D eigenvalue weighted by atomic mass is 9.87. The molecule has 1 fully saturated rings. The van der Waals surface area contributed by atoms with Crippen LogP contribution in [0.5, 0.6) is 0 Å². The van der Waals surface area contributed by atoms with Crippen LogP contribution in [0.2, 0.25) is 0 Å². The van der Waals surface area contributed by atoms with Gasteiger partial charge in [0.1, 0.15) is 5.60 Å². The van der Waals surface area contributed by atoms with E-state index in [1.54, 1.807) is 0 Å². The van der Waals surface area contributed by atoms with Crippen LogP contribution in [0.1, 0.15) is 25.8 Å². The number of rotatable bonds is 2. The summed E-state index contributed by atoms with van der Waals surface area (Å²) in [5, 5.41) is 10.7. The van der Waals surface area contributed by atoms with Crippen LogP contribution >= 0.6 is 0 Å². The van der Waals surface area contributed by atoms with E-state index in [9.17, 15) is 5.11 Å². The Morgan fingerprint density at radius 2 is 2.07 bits per heavy atom. The molecule has 2 nitrogen and oxygen atoms in total. The minimum Gasteiger partial charge on any atom is -0.383 e. The Labute approximate surface area is 91.5 Å². The van der Waals surface area contributed by atoms with Gasteiger partial charge in [0.15, 0.2) is 0 Å². The fourth-order valence-corrected chi connectivity index (χ4v) is 2.56. The van der Waals surface area contributed by atoms with Crippen molar-refractivity contribution in [1.29, 1.82) is 0 Å². The standard InChI is InChI=1S/C13H19NO/c1-3-14-10-9-13(15,11(14)2)12-7-5-4-6-8-12/h4-8,11,15H,3,9-10H2,1-2H3/t11-,13+/m1/s1. The van der Waals surface area contributed by atoms with E-state index in [4.69, 9.17) is 0 Å². The van der Waals surface area contributed by atoms with Crippen LogP contribution in [-0.4, -0.2) is 29.1 Å². The number of nitrogens with zero attached hydrogens (tertiary/aromatic N) is 1. The van der Waals surface area contributed by atoms with Gasteiger partial charge in [0.2, 0.25) is 0 Å². The Hall–Kier alpha value is -0.860. The van der Waals surface area contributed by atoms with E-state index < -0.39 is 5.60 Å². The summed E-state index contributed by atoms with van der Waals surface area (Å²) in [5.41, 5.74) is 0.394. The second kappa shape index (κ2) is 3.95. The highest BCUT2D eigenvalue weighted by atomic mass is 16.3. The molecule has 2 heteroatoms. The van der Waals surface area contributed by atoms with E-state index in [1.165, 1.54) is 0 Å². The molecule has 1 saturated heterocycles.